The van der Waals surface area contributed by atoms with Gasteiger partial charge in [0, 0.05) is 5.56 Å². The molecule has 0 saturated carbocycles. The number of benzene rings is 1. The van der Waals surface area contributed by atoms with E-state index in [0.29, 0.717) is 23.0 Å². The van der Waals surface area contributed by atoms with Gasteiger partial charge in [0.25, 0.3) is 5.89 Å². The second-order valence-corrected chi connectivity index (χ2v) is 5.58. The van der Waals surface area contributed by atoms with Crippen molar-refractivity contribution in [3.63, 3.8) is 0 Å². The van der Waals surface area contributed by atoms with Crippen LogP contribution in [0.5, 0.6) is 5.75 Å². The van der Waals surface area contributed by atoms with Crippen molar-refractivity contribution in [3.05, 3.63) is 41.5 Å². The number of aromatic nitrogens is 2. The van der Waals surface area contributed by atoms with E-state index in [1.165, 1.54) is 19.3 Å². The summed E-state index contributed by atoms with van der Waals surface area (Å²) in [6.45, 7) is 1.17. The van der Waals surface area contributed by atoms with E-state index in [2.05, 4.69) is 15.5 Å². The van der Waals surface area contributed by atoms with E-state index in [1.54, 1.807) is 24.3 Å². The smallest absolute Gasteiger partial charge is 0.264 e. The van der Waals surface area contributed by atoms with Gasteiger partial charge >= 0.3 is 0 Å². The van der Waals surface area contributed by atoms with Crippen LogP contribution in [0.4, 0.5) is 0 Å². The van der Waals surface area contributed by atoms with Crippen LogP contribution in [0.25, 0.3) is 0 Å². The number of nitrogens with zero attached hydrogens (tertiary/aromatic N) is 2. The van der Waals surface area contributed by atoms with Gasteiger partial charge in [0.1, 0.15) is 5.75 Å². The molecule has 7 heteroatoms. The maximum absolute atomic E-state index is 11.0. The van der Waals surface area contributed by atoms with Crippen LogP contribution in [0.2, 0.25) is 0 Å². The minimum atomic E-state index is -0.464. The van der Waals surface area contributed by atoms with Gasteiger partial charge < -0.3 is 20.3 Å². The molecule has 0 unspecified atom stereocenters. The summed E-state index contributed by atoms with van der Waals surface area (Å²) in [5.74, 6) is 1.27. The first kappa shape index (κ1) is 15.5. The van der Waals surface area contributed by atoms with E-state index in [9.17, 15) is 4.79 Å². The van der Waals surface area contributed by atoms with Crippen LogP contribution >= 0.6 is 0 Å². The Kier molecular flexibility index (Phi) is 4.87. The van der Waals surface area contributed by atoms with E-state index in [1.807, 2.05) is 0 Å². The second kappa shape index (κ2) is 7.23. The van der Waals surface area contributed by atoms with Crippen LogP contribution in [0.3, 0.4) is 0 Å². The Morgan fingerprint density at radius 1 is 1.30 bits per heavy atom. The fourth-order valence-electron chi connectivity index (χ4n) is 2.58. The van der Waals surface area contributed by atoms with E-state index < -0.39 is 5.91 Å². The SMILES string of the molecule is NC(=O)c1ccc(OCc2nc([C@@H]3CCCCCN3)no2)cc1. The number of carbonyl (C=O) groups is 1. The number of primary amides is 1. The van der Waals surface area contributed by atoms with Crippen LogP contribution in [0.15, 0.2) is 28.8 Å². The van der Waals surface area contributed by atoms with Crippen molar-refractivity contribution in [1.29, 1.82) is 0 Å². The summed E-state index contributed by atoms with van der Waals surface area (Å²) in [5, 5.41) is 7.47. The number of rotatable bonds is 5. The fraction of sp³-hybridized carbons (Fsp3) is 0.438. The highest BCUT2D eigenvalue weighted by Gasteiger charge is 2.19. The molecular formula is C16H20N4O3. The van der Waals surface area contributed by atoms with Crippen LogP contribution in [-0.4, -0.2) is 22.6 Å². The molecule has 23 heavy (non-hydrogen) atoms. The van der Waals surface area contributed by atoms with Gasteiger partial charge in [-0.2, -0.15) is 4.98 Å². The maximum Gasteiger partial charge on any atom is 0.264 e. The van der Waals surface area contributed by atoms with Crippen molar-refractivity contribution < 1.29 is 14.1 Å². The average molecular weight is 316 g/mol. The lowest BCUT2D eigenvalue weighted by Gasteiger charge is -2.09. The monoisotopic (exact) mass is 316 g/mol. The first-order chi connectivity index (χ1) is 11.2. The standard InChI is InChI=1S/C16H20N4O3/c17-15(21)11-5-7-12(8-6-11)22-10-14-19-16(20-23-14)13-4-2-1-3-9-18-13/h5-8,13,18H,1-4,9-10H2,(H2,17,21)/t13-/m0/s1. The lowest BCUT2D eigenvalue weighted by atomic mass is 10.1. The molecule has 7 nitrogen and oxygen atoms in total. The first-order valence-electron chi connectivity index (χ1n) is 7.81. The van der Waals surface area contributed by atoms with Gasteiger partial charge in [0.2, 0.25) is 5.91 Å². The Balaban J connectivity index is 1.57. The Labute approximate surface area is 134 Å². The number of hydrogen-bond acceptors (Lipinski definition) is 6. The normalized spacial score (nSPS) is 18.3. The Morgan fingerprint density at radius 2 is 2.13 bits per heavy atom. The molecule has 0 spiro atoms. The van der Waals surface area contributed by atoms with E-state index in [4.69, 9.17) is 15.0 Å². The fourth-order valence-corrected chi connectivity index (χ4v) is 2.58. The number of nitrogens with two attached hydrogens (primary N) is 1. The molecule has 3 rings (SSSR count). The lowest BCUT2D eigenvalue weighted by molar-refractivity contribution is 0.1000. The third-order valence-electron chi connectivity index (χ3n) is 3.86. The van der Waals surface area contributed by atoms with Crippen LogP contribution in [0.1, 0.15) is 53.8 Å². The minimum Gasteiger partial charge on any atom is -0.484 e. The number of ether oxygens (including phenoxy) is 1. The van der Waals surface area contributed by atoms with Crippen molar-refractivity contribution in [2.24, 2.45) is 5.73 Å². The number of nitrogens with one attached hydrogen (secondary N) is 1. The van der Waals surface area contributed by atoms with Crippen molar-refractivity contribution in [2.75, 3.05) is 6.54 Å². The van der Waals surface area contributed by atoms with Gasteiger partial charge in [-0.15, -0.1) is 0 Å². The minimum absolute atomic E-state index is 0.157. The predicted molar refractivity (Wildman–Crippen MR) is 82.8 cm³/mol. The Hall–Kier alpha value is -2.41. The third kappa shape index (κ3) is 4.07. The zero-order valence-electron chi connectivity index (χ0n) is 12.8. The molecule has 1 aromatic heterocycles. The number of carbonyl (C=O) groups excluding carboxylic acids is 1. The van der Waals surface area contributed by atoms with Crippen molar-refractivity contribution in [2.45, 2.75) is 38.3 Å². The van der Waals surface area contributed by atoms with Gasteiger partial charge in [0.05, 0.1) is 6.04 Å². The van der Waals surface area contributed by atoms with E-state index in [0.717, 1.165) is 13.0 Å². The molecule has 122 valence electrons. The highest BCUT2D eigenvalue weighted by molar-refractivity contribution is 5.92. The summed E-state index contributed by atoms with van der Waals surface area (Å²) in [6, 6.07) is 6.76. The van der Waals surface area contributed by atoms with Gasteiger partial charge in [-0.05, 0) is 43.7 Å². The molecule has 1 saturated heterocycles. The molecular weight excluding hydrogens is 296 g/mol. The zero-order valence-corrected chi connectivity index (χ0v) is 12.8. The second-order valence-electron chi connectivity index (χ2n) is 5.58. The molecule has 1 atom stereocenters. The molecule has 2 aromatic rings. The third-order valence-corrected chi connectivity index (χ3v) is 3.86. The number of amides is 1. The van der Waals surface area contributed by atoms with Crippen molar-refractivity contribution >= 4 is 5.91 Å². The Bertz CT molecular complexity index is 646. The molecule has 3 N–H and O–H groups in total. The Morgan fingerprint density at radius 3 is 2.91 bits per heavy atom. The summed E-state index contributed by atoms with van der Waals surface area (Å²) in [5.41, 5.74) is 5.64. The molecule has 0 bridgehead atoms. The van der Waals surface area contributed by atoms with Crippen molar-refractivity contribution in [3.8, 4) is 5.75 Å². The molecule has 1 aliphatic rings. The van der Waals surface area contributed by atoms with Crippen molar-refractivity contribution in [1.82, 2.24) is 15.5 Å². The van der Waals surface area contributed by atoms with Gasteiger partial charge in [-0.25, -0.2) is 0 Å². The van der Waals surface area contributed by atoms with Gasteiger partial charge in [-0.3, -0.25) is 4.79 Å². The summed E-state index contributed by atoms with van der Waals surface area (Å²) in [7, 11) is 0. The highest BCUT2D eigenvalue weighted by atomic mass is 16.5. The molecule has 1 aliphatic heterocycles. The highest BCUT2D eigenvalue weighted by Crippen LogP contribution is 2.21. The van der Waals surface area contributed by atoms with E-state index >= 15 is 0 Å². The van der Waals surface area contributed by atoms with Crippen LogP contribution in [-0.2, 0) is 6.61 Å². The molecule has 0 aliphatic carbocycles. The quantitative estimate of drug-likeness (QED) is 0.874. The summed E-state index contributed by atoms with van der Waals surface area (Å²) >= 11 is 0. The largest absolute Gasteiger partial charge is 0.484 e. The molecule has 1 aromatic carbocycles. The zero-order chi connectivity index (χ0) is 16.1. The van der Waals surface area contributed by atoms with Gasteiger partial charge in [0.15, 0.2) is 12.4 Å². The first-order valence-corrected chi connectivity index (χ1v) is 7.81. The molecule has 0 radical (unpaired) electrons. The average Bonchev–Trinajstić information content (AvgIpc) is 2.87. The van der Waals surface area contributed by atoms with Gasteiger partial charge in [-0.1, -0.05) is 18.0 Å². The topological polar surface area (TPSA) is 103 Å². The predicted octanol–water partition coefficient (Wildman–Crippen LogP) is 1.95. The summed E-state index contributed by atoms with van der Waals surface area (Å²) in [4.78, 5) is 15.4. The number of hydrogen-bond donors (Lipinski definition) is 2. The molecule has 1 fully saturated rings. The summed E-state index contributed by atoms with van der Waals surface area (Å²) in [6.07, 6.45) is 4.61. The molecule has 1 amide bonds. The maximum atomic E-state index is 11.0. The molecule has 2 heterocycles. The summed E-state index contributed by atoms with van der Waals surface area (Å²) < 4.78 is 10.8. The van der Waals surface area contributed by atoms with Crippen LogP contribution < -0.4 is 15.8 Å². The van der Waals surface area contributed by atoms with Crippen LogP contribution in [0, 0.1) is 0 Å². The lowest BCUT2D eigenvalue weighted by Crippen LogP contribution is -2.21. The van der Waals surface area contributed by atoms with E-state index in [-0.39, 0.29) is 12.6 Å².